The molecule has 0 saturated carbocycles. The van der Waals surface area contributed by atoms with E-state index in [9.17, 15) is 4.79 Å². The lowest BCUT2D eigenvalue weighted by Gasteiger charge is -2.23. The number of rotatable bonds is 3. The van der Waals surface area contributed by atoms with Gasteiger partial charge in [-0.1, -0.05) is 0 Å². The molecule has 0 bridgehead atoms. The molecule has 2 N–H and O–H groups in total. The largest absolute Gasteiger partial charge is 0.338 e. The van der Waals surface area contributed by atoms with E-state index in [4.69, 9.17) is 5.73 Å². The van der Waals surface area contributed by atoms with E-state index in [1.807, 2.05) is 19.9 Å². The van der Waals surface area contributed by atoms with Crippen LogP contribution in [0.2, 0.25) is 0 Å². The van der Waals surface area contributed by atoms with Crippen LogP contribution in [0.15, 0.2) is 18.3 Å². The number of hydrogen-bond acceptors (Lipinski definition) is 3. The number of aromatic nitrogens is 1. The number of amides is 1. The quantitative estimate of drug-likeness (QED) is 0.916. The predicted molar refractivity (Wildman–Crippen MR) is 74.1 cm³/mol. The summed E-state index contributed by atoms with van der Waals surface area (Å²) in [5.41, 5.74) is 7.01. The van der Waals surface area contributed by atoms with Gasteiger partial charge in [0.15, 0.2) is 0 Å². The molecule has 0 aromatic carbocycles. The fourth-order valence-electron chi connectivity index (χ4n) is 1.16. The molecule has 0 saturated heterocycles. The van der Waals surface area contributed by atoms with E-state index in [1.165, 1.54) is 0 Å². The normalized spacial score (nSPS) is 10.8. The number of carbonyl (C=O) groups is 1. The number of likely N-dealkylation sites (N-methyl/N-ethyl adjacent to an activating group) is 1. The molecule has 1 rings (SSSR count). The Morgan fingerprint density at radius 2 is 2.06 bits per heavy atom. The number of pyridine rings is 1. The summed E-state index contributed by atoms with van der Waals surface area (Å²) in [5.74, 6) is -0.0412. The van der Waals surface area contributed by atoms with Gasteiger partial charge in [-0.3, -0.25) is 9.78 Å². The van der Waals surface area contributed by atoms with Gasteiger partial charge < -0.3 is 10.6 Å². The average molecular weight is 280 g/mol. The van der Waals surface area contributed by atoms with Crippen LogP contribution in [0, 0.1) is 6.92 Å². The van der Waals surface area contributed by atoms with Crippen LogP contribution in [-0.2, 0) is 0 Å². The molecule has 98 valence electrons. The van der Waals surface area contributed by atoms with Crippen LogP contribution in [0.3, 0.4) is 0 Å². The molecule has 0 fully saturated rings. The number of nitrogens with zero attached hydrogens (tertiary/aromatic N) is 2. The zero-order valence-electron chi connectivity index (χ0n) is 10.2. The lowest BCUT2D eigenvalue weighted by molar-refractivity contribution is 0.0748. The van der Waals surface area contributed by atoms with E-state index >= 15 is 0 Å². The first-order valence-corrected chi connectivity index (χ1v) is 4.96. The third-order valence-corrected chi connectivity index (χ3v) is 2.48. The van der Waals surface area contributed by atoms with Gasteiger partial charge in [0.1, 0.15) is 0 Å². The highest BCUT2D eigenvalue weighted by atomic mass is 35.5. The summed E-state index contributed by atoms with van der Waals surface area (Å²) in [5, 5.41) is 0. The molecule has 1 atom stereocenters. The molecule has 0 aliphatic rings. The van der Waals surface area contributed by atoms with E-state index in [-0.39, 0.29) is 36.8 Å². The van der Waals surface area contributed by atoms with Gasteiger partial charge in [-0.05, 0) is 26.0 Å². The highest BCUT2D eigenvalue weighted by molar-refractivity contribution is 5.93. The zero-order valence-corrected chi connectivity index (χ0v) is 11.8. The van der Waals surface area contributed by atoms with Gasteiger partial charge in [0.05, 0.1) is 5.56 Å². The van der Waals surface area contributed by atoms with Crippen molar-refractivity contribution in [1.82, 2.24) is 9.88 Å². The molecule has 0 aliphatic heterocycles. The van der Waals surface area contributed by atoms with Crippen LogP contribution in [-0.4, -0.2) is 35.4 Å². The minimum absolute atomic E-state index is 0. The molecule has 1 aromatic rings. The Kier molecular flexibility index (Phi) is 9.02. The van der Waals surface area contributed by atoms with Crippen molar-refractivity contribution < 1.29 is 4.79 Å². The third-order valence-electron chi connectivity index (χ3n) is 2.48. The highest BCUT2D eigenvalue weighted by Crippen LogP contribution is 2.05. The fourth-order valence-corrected chi connectivity index (χ4v) is 1.16. The van der Waals surface area contributed by atoms with Gasteiger partial charge in [0.2, 0.25) is 0 Å². The van der Waals surface area contributed by atoms with Crippen LogP contribution in [0.25, 0.3) is 0 Å². The molecule has 17 heavy (non-hydrogen) atoms. The van der Waals surface area contributed by atoms with Crippen LogP contribution in [0.4, 0.5) is 0 Å². The lowest BCUT2D eigenvalue weighted by atomic mass is 10.2. The van der Waals surface area contributed by atoms with Gasteiger partial charge in [-0.2, -0.15) is 0 Å². The molecule has 1 amide bonds. The van der Waals surface area contributed by atoms with E-state index in [1.54, 1.807) is 24.2 Å². The summed E-state index contributed by atoms with van der Waals surface area (Å²) in [7, 11) is 1.75. The smallest absolute Gasteiger partial charge is 0.255 e. The molecule has 1 unspecified atom stereocenters. The summed E-state index contributed by atoms with van der Waals surface area (Å²) in [6, 6.07) is 3.65. The van der Waals surface area contributed by atoms with Crippen molar-refractivity contribution in [3.05, 3.63) is 29.6 Å². The number of nitrogens with two attached hydrogens (primary N) is 1. The van der Waals surface area contributed by atoms with Crippen LogP contribution < -0.4 is 5.73 Å². The molecule has 1 heterocycles. The highest BCUT2D eigenvalue weighted by Gasteiger charge is 2.16. The lowest BCUT2D eigenvalue weighted by Crippen LogP contribution is -2.39. The predicted octanol–water partition coefficient (Wildman–Crippen LogP) is 1.65. The maximum atomic E-state index is 11.9. The van der Waals surface area contributed by atoms with Crippen molar-refractivity contribution >= 4 is 30.7 Å². The fraction of sp³-hybridized carbons (Fsp3) is 0.455. The molecular formula is C11H19Cl2N3O. The van der Waals surface area contributed by atoms with Crippen molar-refractivity contribution in [3.63, 3.8) is 0 Å². The third kappa shape index (κ3) is 4.89. The second-order valence-electron chi connectivity index (χ2n) is 3.69. The second-order valence-corrected chi connectivity index (χ2v) is 3.69. The second kappa shape index (κ2) is 8.28. The Morgan fingerprint density at radius 1 is 1.47 bits per heavy atom. The van der Waals surface area contributed by atoms with Gasteiger partial charge in [0.25, 0.3) is 5.91 Å². The standard InChI is InChI=1S/C11H17N3O.2ClH/c1-8-4-5-10(7-13-8)11(15)14(3)9(2)6-12;;/h4-5,7,9H,6,12H2,1-3H3;2*1H. The maximum absolute atomic E-state index is 11.9. The summed E-state index contributed by atoms with van der Waals surface area (Å²) in [6.45, 7) is 4.27. The van der Waals surface area contributed by atoms with Crippen LogP contribution in [0.5, 0.6) is 0 Å². The average Bonchev–Trinajstić information content (AvgIpc) is 2.27. The summed E-state index contributed by atoms with van der Waals surface area (Å²) in [4.78, 5) is 17.6. The van der Waals surface area contributed by atoms with Gasteiger partial charge in [0, 0.05) is 31.5 Å². The number of hydrogen-bond donors (Lipinski definition) is 1. The topological polar surface area (TPSA) is 59.2 Å². The van der Waals surface area contributed by atoms with E-state index in [0.717, 1.165) is 5.69 Å². The molecule has 0 spiro atoms. The van der Waals surface area contributed by atoms with Crippen LogP contribution in [0.1, 0.15) is 23.0 Å². The molecule has 0 aliphatic carbocycles. The van der Waals surface area contributed by atoms with Crippen molar-refractivity contribution in [2.45, 2.75) is 19.9 Å². The summed E-state index contributed by atoms with van der Waals surface area (Å²) < 4.78 is 0. The maximum Gasteiger partial charge on any atom is 0.255 e. The monoisotopic (exact) mass is 279 g/mol. The first-order valence-electron chi connectivity index (χ1n) is 4.96. The molecule has 6 heteroatoms. The number of aryl methyl sites for hydroxylation is 1. The SMILES string of the molecule is Cc1ccc(C(=O)N(C)C(C)CN)cn1.Cl.Cl. The number of carbonyl (C=O) groups excluding carboxylic acids is 1. The Hall–Kier alpha value is -0.840. The summed E-state index contributed by atoms with van der Waals surface area (Å²) in [6.07, 6.45) is 1.59. The van der Waals surface area contributed by atoms with Crippen molar-refractivity contribution in [3.8, 4) is 0 Å². The van der Waals surface area contributed by atoms with E-state index in [2.05, 4.69) is 4.98 Å². The molecule has 4 nitrogen and oxygen atoms in total. The van der Waals surface area contributed by atoms with Gasteiger partial charge in [-0.15, -0.1) is 24.8 Å². The van der Waals surface area contributed by atoms with Crippen molar-refractivity contribution in [1.29, 1.82) is 0 Å². The van der Waals surface area contributed by atoms with Crippen LogP contribution >= 0.6 is 24.8 Å². The Balaban J connectivity index is 0. The van der Waals surface area contributed by atoms with Crippen molar-refractivity contribution in [2.75, 3.05) is 13.6 Å². The Morgan fingerprint density at radius 3 is 2.47 bits per heavy atom. The Bertz CT molecular complexity index is 343. The summed E-state index contributed by atoms with van der Waals surface area (Å²) >= 11 is 0. The first-order chi connectivity index (χ1) is 7.06. The molecule has 1 aromatic heterocycles. The Labute approximate surface area is 114 Å². The van der Waals surface area contributed by atoms with Gasteiger partial charge >= 0.3 is 0 Å². The van der Waals surface area contributed by atoms with Crippen molar-refractivity contribution in [2.24, 2.45) is 5.73 Å². The van der Waals surface area contributed by atoms with Gasteiger partial charge in [-0.25, -0.2) is 0 Å². The van der Waals surface area contributed by atoms with E-state index in [0.29, 0.717) is 12.1 Å². The first kappa shape index (κ1) is 18.5. The molecule has 0 radical (unpaired) electrons. The zero-order chi connectivity index (χ0) is 11.4. The van der Waals surface area contributed by atoms with E-state index < -0.39 is 0 Å². The minimum Gasteiger partial charge on any atom is -0.338 e. The molecular weight excluding hydrogens is 261 g/mol. The minimum atomic E-state index is -0.0412. The number of halogens is 2.